The molecule has 208 valence electrons. The first-order valence-corrected chi connectivity index (χ1v) is 14.3. The third kappa shape index (κ3) is 7.26. The van der Waals surface area contributed by atoms with E-state index >= 15 is 0 Å². The number of fused-ring (bicyclic) bond motifs is 1. The number of β-amino-alcohol motifs (C(OH)–C–C–N with tert-alkyl or cyclic N) is 1. The second-order valence-electron chi connectivity index (χ2n) is 11.5. The van der Waals surface area contributed by atoms with E-state index in [-0.39, 0.29) is 36.8 Å². The van der Waals surface area contributed by atoms with Crippen molar-refractivity contribution in [3.8, 4) is 0 Å². The zero-order valence-electron chi connectivity index (χ0n) is 23.0. The first-order valence-electron chi connectivity index (χ1n) is 13.4. The largest absolute Gasteiger partial charge is 0.458 e. The second-order valence-corrected chi connectivity index (χ2v) is 12.5. The van der Waals surface area contributed by atoms with Crippen molar-refractivity contribution < 1.29 is 29.6 Å². The Morgan fingerprint density at radius 3 is 2.57 bits per heavy atom. The zero-order chi connectivity index (χ0) is 27.5. The minimum atomic E-state index is -1.24. The number of aryl methyl sites for hydroxylation is 1. The Labute approximate surface area is 224 Å². The van der Waals surface area contributed by atoms with E-state index in [0.29, 0.717) is 13.0 Å². The predicted molar refractivity (Wildman–Crippen MR) is 144 cm³/mol. The second kappa shape index (κ2) is 12.5. The lowest BCUT2D eigenvalue weighted by molar-refractivity contribution is -0.154. The smallest absolute Gasteiger partial charge is 0.309 e. The van der Waals surface area contributed by atoms with Gasteiger partial charge in [0, 0.05) is 36.3 Å². The monoisotopic (exact) mass is 536 g/mol. The van der Waals surface area contributed by atoms with Crippen LogP contribution in [-0.4, -0.2) is 80.5 Å². The summed E-state index contributed by atoms with van der Waals surface area (Å²) >= 11 is 1.55. The Hall–Kier alpha value is -1.65. The molecule has 2 aliphatic heterocycles. The highest BCUT2D eigenvalue weighted by atomic mass is 32.1. The molecular formula is C28H44N2O6S. The number of aromatic nitrogens is 1. The molecule has 2 fully saturated rings. The third-order valence-electron chi connectivity index (χ3n) is 8.31. The van der Waals surface area contributed by atoms with E-state index < -0.39 is 35.6 Å². The van der Waals surface area contributed by atoms with Crippen LogP contribution in [0.4, 0.5) is 0 Å². The van der Waals surface area contributed by atoms with Gasteiger partial charge in [-0.1, -0.05) is 34.1 Å². The molecule has 3 N–H and O–H groups in total. The third-order valence-corrected chi connectivity index (χ3v) is 9.10. The molecule has 0 saturated carbocycles. The van der Waals surface area contributed by atoms with Crippen LogP contribution in [0.1, 0.15) is 77.4 Å². The molecule has 3 unspecified atom stereocenters. The van der Waals surface area contributed by atoms with Gasteiger partial charge >= 0.3 is 5.97 Å². The Balaban J connectivity index is 1.88. The summed E-state index contributed by atoms with van der Waals surface area (Å²) < 4.78 is 5.94. The fourth-order valence-corrected chi connectivity index (χ4v) is 6.22. The predicted octanol–water partition coefficient (Wildman–Crippen LogP) is 3.37. The van der Waals surface area contributed by atoms with E-state index in [0.717, 1.165) is 35.5 Å². The molecule has 0 aliphatic carbocycles. The molecule has 9 heteroatoms. The van der Waals surface area contributed by atoms with Crippen LogP contribution in [0.25, 0.3) is 6.08 Å². The van der Waals surface area contributed by atoms with Crippen molar-refractivity contribution in [2.24, 2.45) is 17.3 Å². The fourth-order valence-electron chi connectivity index (χ4n) is 5.65. The number of ketones is 1. The van der Waals surface area contributed by atoms with Crippen molar-refractivity contribution in [1.82, 2.24) is 9.88 Å². The van der Waals surface area contributed by atoms with E-state index in [2.05, 4.69) is 9.88 Å². The molecule has 0 aromatic carbocycles. The number of hydrogen-bond acceptors (Lipinski definition) is 9. The van der Waals surface area contributed by atoms with Crippen molar-refractivity contribution in [3.05, 3.63) is 21.7 Å². The van der Waals surface area contributed by atoms with Crippen molar-refractivity contribution in [3.63, 3.8) is 0 Å². The number of nitrogens with zero attached hydrogens (tertiary/aromatic N) is 2. The molecule has 0 spiro atoms. The van der Waals surface area contributed by atoms with Gasteiger partial charge in [-0.3, -0.25) is 14.5 Å². The Morgan fingerprint density at radius 2 is 1.95 bits per heavy atom. The number of Topliss-reactive ketones (excluding diaryl/α,β-unsaturated/α-hetero) is 1. The van der Waals surface area contributed by atoms with Crippen LogP contribution in [-0.2, 0) is 14.3 Å². The molecule has 1 aromatic heterocycles. The quantitative estimate of drug-likeness (QED) is 0.396. The molecular weight excluding hydrogens is 492 g/mol. The van der Waals surface area contributed by atoms with Gasteiger partial charge in [-0.15, -0.1) is 11.3 Å². The van der Waals surface area contributed by atoms with Crippen molar-refractivity contribution in [2.75, 3.05) is 13.2 Å². The number of carbonyl (C=O) groups is 2. The van der Waals surface area contributed by atoms with Crippen LogP contribution in [0.15, 0.2) is 11.0 Å². The number of esters is 1. The molecule has 0 amide bonds. The summed E-state index contributed by atoms with van der Waals surface area (Å²) in [4.78, 5) is 33.1. The number of carbonyl (C=O) groups excluding carboxylic acids is 2. The average Bonchev–Trinajstić information content (AvgIpc) is 3.29. The van der Waals surface area contributed by atoms with E-state index in [1.807, 2.05) is 32.2 Å². The topological polar surface area (TPSA) is 120 Å². The van der Waals surface area contributed by atoms with Crippen molar-refractivity contribution >= 4 is 29.2 Å². The SMILES string of the molecule is C/C(=C\c1csc(C)n1)[C@@H]1CC2[C@@H](CCC[C@H](C)[C@H](O)[C@@H](C)C(=O)C(C)(C)C(O)CC(=O)O1)N2CCO. The highest BCUT2D eigenvalue weighted by Crippen LogP contribution is 2.39. The van der Waals surface area contributed by atoms with Crippen molar-refractivity contribution in [1.29, 1.82) is 0 Å². The normalized spacial score (nSPS) is 36.1. The first-order chi connectivity index (χ1) is 17.4. The van der Waals surface area contributed by atoms with Crippen LogP contribution in [0.3, 0.4) is 0 Å². The van der Waals surface area contributed by atoms with Crippen LogP contribution in [0, 0.1) is 24.2 Å². The summed E-state index contributed by atoms with van der Waals surface area (Å²) in [5, 5.41) is 34.3. The Bertz CT molecular complexity index is 976. The number of rotatable bonds is 4. The molecule has 3 rings (SSSR count). The van der Waals surface area contributed by atoms with E-state index in [1.165, 1.54) is 0 Å². The van der Waals surface area contributed by atoms with Crippen LogP contribution in [0.5, 0.6) is 0 Å². The maximum Gasteiger partial charge on any atom is 0.309 e. The Morgan fingerprint density at radius 1 is 1.24 bits per heavy atom. The van der Waals surface area contributed by atoms with Gasteiger partial charge in [-0.05, 0) is 44.3 Å². The molecule has 3 heterocycles. The van der Waals surface area contributed by atoms with E-state index in [9.17, 15) is 24.9 Å². The van der Waals surface area contributed by atoms with Gasteiger partial charge in [0.25, 0.3) is 0 Å². The van der Waals surface area contributed by atoms with Gasteiger partial charge in [-0.25, -0.2) is 4.98 Å². The van der Waals surface area contributed by atoms with Crippen LogP contribution < -0.4 is 0 Å². The summed E-state index contributed by atoms with van der Waals surface area (Å²) in [7, 11) is 0. The lowest BCUT2D eigenvalue weighted by atomic mass is 9.73. The van der Waals surface area contributed by atoms with E-state index in [1.54, 1.807) is 32.1 Å². The number of aliphatic hydroxyl groups is 3. The summed E-state index contributed by atoms with van der Waals surface area (Å²) in [5.41, 5.74) is 0.467. The number of cyclic esters (lactones) is 1. The van der Waals surface area contributed by atoms with E-state index in [4.69, 9.17) is 4.74 Å². The van der Waals surface area contributed by atoms with Gasteiger partial charge in [0.05, 0.1) is 41.4 Å². The van der Waals surface area contributed by atoms with Crippen molar-refractivity contribution in [2.45, 2.75) is 104 Å². The minimum absolute atomic E-state index is 0.0559. The Kier molecular flexibility index (Phi) is 10.1. The number of ether oxygens (including phenoxy) is 1. The molecule has 8 nitrogen and oxygen atoms in total. The maximum atomic E-state index is 13.3. The highest BCUT2D eigenvalue weighted by Gasteiger charge is 2.48. The van der Waals surface area contributed by atoms with Gasteiger partial charge in [0.1, 0.15) is 11.9 Å². The molecule has 2 aliphatic rings. The van der Waals surface area contributed by atoms with Gasteiger partial charge in [0.15, 0.2) is 0 Å². The van der Waals surface area contributed by atoms with Gasteiger partial charge < -0.3 is 20.1 Å². The fraction of sp³-hybridized carbons (Fsp3) is 0.750. The highest BCUT2D eigenvalue weighted by molar-refractivity contribution is 7.09. The zero-order valence-corrected chi connectivity index (χ0v) is 23.8. The van der Waals surface area contributed by atoms with Crippen LogP contribution in [0.2, 0.25) is 0 Å². The molecule has 0 bridgehead atoms. The molecule has 37 heavy (non-hydrogen) atoms. The number of thiazole rings is 1. The number of hydrogen-bond donors (Lipinski definition) is 3. The lowest BCUT2D eigenvalue weighted by Crippen LogP contribution is -2.45. The maximum absolute atomic E-state index is 13.3. The average molecular weight is 537 g/mol. The van der Waals surface area contributed by atoms with Crippen LogP contribution >= 0.6 is 11.3 Å². The van der Waals surface area contributed by atoms with Gasteiger partial charge in [-0.2, -0.15) is 0 Å². The lowest BCUT2D eigenvalue weighted by Gasteiger charge is -2.34. The minimum Gasteiger partial charge on any atom is -0.458 e. The summed E-state index contributed by atoms with van der Waals surface area (Å²) in [6.45, 7) is 11.4. The number of aliphatic hydroxyl groups excluding tert-OH is 3. The summed E-state index contributed by atoms with van der Waals surface area (Å²) in [6, 6.07) is 0.434. The first kappa shape index (κ1) is 29.9. The molecule has 2 saturated heterocycles. The standard InChI is InChI=1S/C28H44N2O6S/c1-16-8-7-9-21-22(30(21)10-11-31)13-23(17(2)12-20-15-37-19(4)29-20)36-25(33)14-24(32)28(5,6)27(35)18(3)26(16)34/h12,15-16,18,21-24,26,31-32,34H,7-11,13-14H2,1-6H3/b17-12+/t16-,18+,21+,22?,23-,24?,26-,30?/m0/s1. The molecule has 8 atom stereocenters. The molecule has 1 aromatic rings. The molecule has 0 radical (unpaired) electrons. The summed E-state index contributed by atoms with van der Waals surface area (Å²) in [6.07, 6.45) is 2.19. The van der Waals surface area contributed by atoms with Gasteiger partial charge in [0.2, 0.25) is 0 Å². The summed E-state index contributed by atoms with van der Waals surface area (Å²) in [5.74, 6) is -1.57.